The summed E-state index contributed by atoms with van der Waals surface area (Å²) in [5.74, 6) is -1.09. The van der Waals surface area contributed by atoms with Gasteiger partial charge in [-0.2, -0.15) is 0 Å². The molecular weight excluding hydrogens is 428 g/mol. The van der Waals surface area contributed by atoms with Gasteiger partial charge in [0.25, 0.3) is 15.9 Å². The number of halogens is 3. The van der Waals surface area contributed by atoms with E-state index in [2.05, 4.69) is 4.72 Å². The fourth-order valence-corrected chi connectivity index (χ4v) is 4.83. The highest BCUT2D eigenvalue weighted by Crippen LogP contribution is 2.31. The van der Waals surface area contributed by atoms with Crippen LogP contribution in [-0.4, -0.2) is 52.5 Å². The molecule has 1 heterocycles. The topological polar surface area (TPSA) is 70.9 Å². The molecule has 0 spiro atoms. The Morgan fingerprint density at radius 1 is 1.14 bits per heavy atom. The lowest BCUT2D eigenvalue weighted by Gasteiger charge is -2.30. The summed E-state index contributed by atoms with van der Waals surface area (Å²) in [5, 5.41) is -0.0978. The van der Waals surface area contributed by atoms with Crippen LogP contribution in [0.25, 0.3) is 0 Å². The Hall–Kier alpha value is -1.87. The van der Waals surface area contributed by atoms with E-state index in [1.165, 1.54) is 29.2 Å². The van der Waals surface area contributed by atoms with Crippen LogP contribution >= 0.6 is 23.2 Å². The predicted molar refractivity (Wildman–Crippen MR) is 106 cm³/mol. The molecule has 28 heavy (non-hydrogen) atoms. The summed E-state index contributed by atoms with van der Waals surface area (Å²) in [5.41, 5.74) is -0.178. The third kappa shape index (κ3) is 4.41. The van der Waals surface area contributed by atoms with Gasteiger partial charge in [0, 0.05) is 0 Å². The van der Waals surface area contributed by atoms with Gasteiger partial charge < -0.3 is 9.80 Å². The van der Waals surface area contributed by atoms with E-state index >= 15 is 0 Å². The minimum Gasteiger partial charge on any atom is -0.334 e. The quantitative estimate of drug-likeness (QED) is 0.753. The van der Waals surface area contributed by atoms with Gasteiger partial charge in [-0.3, -0.25) is 9.52 Å². The van der Waals surface area contributed by atoms with Crippen molar-refractivity contribution < 1.29 is 22.5 Å². The zero-order valence-corrected chi connectivity index (χ0v) is 17.3. The molecule has 0 unspecified atom stereocenters. The van der Waals surface area contributed by atoms with Crippen molar-refractivity contribution in [2.75, 3.05) is 37.9 Å². The molecule has 2 aromatic carbocycles. The van der Waals surface area contributed by atoms with Crippen molar-refractivity contribution in [1.82, 2.24) is 4.90 Å². The summed E-state index contributed by atoms with van der Waals surface area (Å²) < 4.78 is 41.5. The first-order chi connectivity index (χ1) is 13.2. The molecule has 0 radical (unpaired) electrons. The number of anilines is 1. The third-order valence-electron chi connectivity index (χ3n) is 4.56. The Morgan fingerprint density at radius 2 is 1.79 bits per heavy atom. The highest BCUT2D eigenvalue weighted by Gasteiger charge is 2.28. The second kappa shape index (κ2) is 8.24. The first kappa shape index (κ1) is 20.9. The number of para-hydroxylation sites is 1. The molecule has 6 nitrogen and oxygen atoms in total. The maximum absolute atomic E-state index is 13.8. The number of quaternary nitrogens is 1. The molecule has 0 aromatic heterocycles. The Labute approximate surface area is 172 Å². The normalized spacial score (nSPS) is 15.5. The smallest absolute Gasteiger partial charge is 0.263 e. The van der Waals surface area contributed by atoms with Crippen molar-refractivity contribution in [1.29, 1.82) is 0 Å². The summed E-state index contributed by atoms with van der Waals surface area (Å²) in [7, 11) is -2.20. The summed E-state index contributed by atoms with van der Waals surface area (Å²) >= 11 is 12.2. The van der Waals surface area contributed by atoms with Crippen molar-refractivity contribution in [2.45, 2.75) is 4.90 Å². The molecule has 1 aliphatic rings. The number of carbonyl (C=O) groups is 1. The van der Waals surface area contributed by atoms with E-state index in [4.69, 9.17) is 23.2 Å². The van der Waals surface area contributed by atoms with Crippen molar-refractivity contribution >= 4 is 44.8 Å². The second-order valence-corrected chi connectivity index (χ2v) is 9.06. The molecule has 1 saturated heterocycles. The van der Waals surface area contributed by atoms with E-state index < -0.39 is 15.8 Å². The van der Waals surface area contributed by atoms with Gasteiger partial charge in [0.15, 0.2) is 0 Å². The molecule has 0 bridgehead atoms. The second-order valence-electron chi connectivity index (χ2n) is 6.60. The number of nitrogens with one attached hydrogen (secondary N) is 2. The largest absolute Gasteiger partial charge is 0.334 e. The number of nitrogens with zero attached hydrogens (tertiary/aromatic N) is 1. The summed E-state index contributed by atoms with van der Waals surface area (Å²) in [6.45, 7) is 2.66. The van der Waals surface area contributed by atoms with Crippen molar-refractivity contribution in [3.63, 3.8) is 0 Å². The fourth-order valence-electron chi connectivity index (χ4n) is 2.90. The molecule has 2 aromatic rings. The van der Waals surface area contributed by atoms with Gasteiger partial charge in [-0.15, -0.1) is 0 Å². The number of sulfonamides is 1. The molecule has 1 amide bonds. The van der Waals surface area contributed by atoms with Gasteiger partial charge in [-0.05, 0) is 24.3 Å². The lowest BCUT2D eigenvalue weighted by atomic mass is 10.2. The van der Waals surface area contributed by atoms with Crippen LogP contribution in [0.15, 0.2) is 41.3 Å². The number of amides is 1. The predicted octanol–water partition coefficient (Wildman–Crippen LogP) is 1.90. The first-order valence-corrected chi connectivity index (χ1v) is 10.8. The number of rotatable bonds is 4. The van der Waals surface area contributed by atoms with E-state index in [1.54, 1.807) is 4.90 Å². The Kier molecular flexibility index (Phi) is 6.14. The highest BCUT2D eigenvalue weighted by atomic mass is 35.5. The molecular formula is C18H19Cl2FN3O3S+. The van der Waals surface area contributed by atoms with E-state index in [0.717, 1.165) is 25.2 Å². The van der Waals surface area contributed by atoms with Crippen LogP contribution in [0.3, 0.4) is 0 Å². The van der Waals surface area contributed by atoms with Crippen molar-refractivity contribution in [3.05, 3.63) is 57.8 Å². The number of piperazine rings is 1. The maximum Gasteiger partial charge on any atom is 0.263 e. The average Bonchev–Trinajstić information content (AvgIpc) is 2.63. The third-order valence-corrected chi connectivity index (χ3v) is 6.71. The van der Waals surface area contributed by atoms with Gasteiger partial charge in [-0.25, -0.2) is 12.8 Å². The molecule has 0 saturated carbocycles. The minimum absolute atomic E-state index is 0.0412. The Bertz CT molecular complexity index is 1010. The van der Waals surface area contributed by atoms with Crippen molar-refractivity contribution in [3.8, 4) is 0 Å². The summed E-state index contributed by atoms with van der Waals surface area (Å²) in [4.78, 5) is 15.4. The van der Waals surface area contributed by atoms with E-state index in [0.29, 0.717) is 13.1 Å². The van der Waals surface area contributed by atoms with E-state index in [9.17, 15) is 17.6 Å². The molecule has 3 rings (SSSR count). The highest BCUT2D eigenvalue weighted by molar-refractivity contribution is 7.92. The van der Waals surface area contributed by atoms with Gasteiger partial charge in [-0.1, -0.05) is 35.3 Å². The molecule has 1 aliphatic heterocycles. The van der Waals surface area contributed by atoms with Crippen LogP contribution in [0.2, 0.25) is 10.0 Å². The maximum atomic E-state index is 13.8. The molecule has 10 heteroatoms. The number of likely N-dealkylation sites (N-methyl/N-ethyl adjacent to an activating group) is 1. The molecule has 0 aliphatic carbocycles. The monoisotopic (exact) mass is 446 g/mol. The van der Waals surface area contributed by atoms with Crippen molar-refractivity contribution in [2.24, 2.45) is 0 Å². The lowest BCUT2D eigenvalue weighted by molar-refractivity contribution is -0.883. The number of hydrogen-bond acceptors (Lipinski definition) is 3. The Balaban J connectivity index is 1.95. The molecule has 150 valence electrons. The zero-order chi connectivity index (χ0) is 20.5. The van der Waals surface area contributed by atoms with Crippen LogP contribution < -0.4 is 9.62 Å². The van der Waals surface area contributed by atoms with Gasteiger partial charge in [0.2, 0.25) is 0 Å². The fraction of sp³-hybridized carbons (Fsp3) is 0.278. The van der Waals surface area contributed by atoms with Gasteiger partial charge in [0.1, 0.15) is 10.7 Å². The van der Waals surface area contributed by atoms with Crippen LogP contribution in [0.1, 0.15) is 10.4 Å². The van der Waals surface area contributed by atoms with Gasteiger partial charge >= 0.3 is 0 Å². The summed E-state index contributed by atoms with van der Waals surface area (Å²) in [6.07, 6.45) is 0. The SMILES string of the molecule is C[NH+]1CCN(C(=O)c2cc(S(=O)(=O)Nc3ccccc3F)c(Cl)cc2Cl)CC1. The minimum atomic E-state index is -4.23. The van der Waals surface area contributed by atoms with Gasteiger partial charge in [0.05, 0.1) is 54.5 Å². The van der Waals surface area contributed by atoms with Crippen LogP contribution in [0.4, 0.5) is 10.1 Å². The molecule has 2 N–H and O–H groups in total. The molecule has 1 fully saturated rings. The van der Waals surface area contributed by atoms with E-state index in [-0.39, 0.29) is 32.1 Å². The van der Waals surface area contributed by atoms with Crippen LogP contribution in [0.5, 0.6) is 0 Å². The Morgan fingerprint density at radius 3 is 2.43 bits per heavy atom. The lowest BCUT2D eigenvalue weighted by Crippen LogP contribution is -3.12. The summed E-state index contributed by atoms with van der Waals surface area (Å²) in [6, 6.07) is 7.71. The number of hydrogen-bond donors (Lipinski definition) is 2. The van der Waals surface area contributed by atoms with E-state index in [1.807, 2.05) is 7.05 Å². The van der Waals surface area contributed by atoms with Crippen LogP contribution in [-0.2, 0) is 10.0 Å². The van der Waals surface area contributed by atoms with Crippen LogP contribution in [0, 0.1) is 5.82 Å². The average molecular weight is 447 g/mol. The zero-order valence-electron chi connectivity index (χ0n) is 15.0. The molecule has 0 atom stereocenters. The first-order valence-electron chi connectivity index (χ1n) is 8.56. The number of carbonyl (C=O) groups excluding carboxylic acids is 1. The number of benzene rings is 2. The standard InChI is InChI=1S/C18H18Cl2FN3O3S/c1-23-6-8-24(9-7-23)18(25)12-10-17(14(20)11-13(12)19)28(26,27)22-16-5-3-2-4-15(16)21/h2-5,10-11,22H,6-9H2,1H3/p+1.